The molecule has 26 heavy (non-hydrogen) atoms. The molecule has 0 heterocycles. The summed E-state index contributed by atoms with van der Waals surface area (Å²) in [5.74, 6) is 0.698. The molecule has 0 amide bonds. The summed E-state index contributed by atoms with van der Waals surface area (Å²) in [5, 5.41) is 0. The number of ether oxygens (including phenoxy) is 1. The van der Waals surface area contributed by atoms with E-state index in [2.05, 4.69) is 13.8 Å². The van der Waals surface area contributed by atoms with Crippen molar-refractivity contribution in [2.24, 2.45) is 0 Å². The average molecular weight is 467 g/mol. The fourth-order valence-corrected chi connectivity index (χ4v) is 3.11. The van der Waals surface area contributed by atoms with Crippen molar-refractivity contribution >= 4 is 5.78 Å². The number of rotatable bonds is 11. The molecule has 0 saturated heterocycles. The molecule has 2 rings (SSSR count). The number of ketones is 1. The molecular weight excluding hydrogens is 437 g/mol. The average Bonchev–Trinajstić information content (AvgIpc) is 2.66. The first-order valence-corrected chi connectivity index (χ1v) is 9.41. The highest BCUT2D eigenvalue weighted by molar-refractivity contribution is 6.10. The monoisotopic (exact) mass is 467 g/mol. The van der Waals surface area contributed by atoms with Gasteiger partial charge in [-0.15, -0.1) is 0 Å². The third-order valence-corrected chi connectivity index (χ3v) is 4.31. The summed E-state index contributed by atoms with van der Waals surface area (Å²) in [6.45, 7) is 8.68. The van der Waals surface area contributed by atoms with E-state index < -0.39 is 0 Å². The molecule has 4 heteroatoms. The lowest BCUT2D eigenvalue weighted by molar-refractivity contribution is -0.900. The summed E-state index contributed by atoms with van der Waals surface area (Å²) in [6.07, 6.45) is 3.43. The summed E-state index contributed by atoms with van der Waals surface area (Å²) >= 11 is 0. The van der Waals surface area contributed by atoms with Crippen LogP contribution in [-0.2, 0) is 0 Å². The Bertz CT molecular complexity index is 640. The third-order valence-electron chi connectivity index (χ3n) is 4.31. The van der Waals surface area contributed by atoms with Gasteiger partial charge in [-0.05, 0) is 25.0 Å². The number of carbonyl (C=O) groups excluding carboxylic acids is 1. The highest BCUT2D eigenvalue weighted by Crippen LogP contribution is 2.21. The molecule has 0 fully saturated rings. The Morgan fingerprint density at radius 2 is 1.50 bits per heavy atom. The fraction of sp³-hybridized carbons (Fsp3) is 0.409. The van der Waals surface area contributed by atoms with Crippen LogP contribution in [0.25, 0.3) is 0 Å². The first-order chi connectivity index (χ1) is 12.3. The number of hydrogen-bond acceptors (Lipinski definition) is 2. The van der Waals surface area contributed by atoms with E-state index in [4.69, 9.17) is 4.74 Å². The molecule has 0 bridgehead atoms. The Hall–Kier alpha value is -1.40. The topological polar surface area (TPSA) is 30.7 Å². The van der Waals surface area contributed by atoms with Crippen molar-refractivity contribution in [2.45, 2.75) is 33.1 Å². The number of para-hydroxylation sites is 1. The summed E-state index contributed by atoms with van der Waals surface area (Å²) in [7, 11) is 0. The maximum atomic E-state index is 12.7. The number of quaternary nitrogens is 1. The largest absolute Gasteiger partial charge is 1.00 e. The van der Waals surface area contributed by atoms with Gasteiger partial charge < -0.3 is 33.6 Å². The first-order valence-electron chi connectivity index (χ1n) is 9.41. The van der Waals surface area contributed by atoms with Crippen LogP contribution in [0.1, 0.15) is 49.0 Å². The van der Waals surface area contributed by atoms with Gasteiger partial charge in [0.25, 0.3) is 0 Å². The molecule has 0 saturated carbocycles. The molecule has 2 aromatic carbocycles. The molecule has 0 aliphatic heterocycles. The van der Waals surface area contributed by atoms with E-state index >= 15 is 0 Å². The Labute approximate surface area is 174 Å². The second-order valence-electron chi connectivity index (χ2n) is 6.39. The number of halogens is 1. The predicted octanol–water partition coefficient (Wildman–Crippen LogP) is 0.395. The lowest BCUT2D eigenvalue weighted by atomic mass is 10.0. The minimum Gasteiger partial charge on any atom is -1.00 e. The number of hydrogen-bond donors (Lipinski definition) is 1. The smallest absolute Gasteiger partial charge is 0.196 e. The molecule has 0 atom stereocenters. The fourth-order valence-electron chi connectivity index (χ4n) is 3.11. The summed E-state index contributed by atoms with van der Waals surface area (Å²) in [4.78, 5) is 14.3. The molecule has 2 aromatic rings. The zero-order valence-electron chi connectivity index (χ0n) is 15.8. The molecule has 3 nitrogen and oxygen atoms in total. The molecule has 0 aromatic heterocycles. The summed E-state index contributed by atoms with van der Waals surface area (Å²) in [5.41, 5.74) is 1.33. The maximum absolute atomic E-state index is 12.7. The molecule has 0 aliphatic carbocycles. The van der Waals surface area contributed by atoms with Crippen LogP contribution in [-0.4, -0.2) is 32.0 Å². The minimum absolute atomic E-state index is 0. The molecular formula is C22H30INO2. The molecule has 0 unspecified atom stereocenters. The quantitative estimate of drug-likeness (QED) is 0.295. The van der Waals surface area contributed by atoms with Crippen LogP contribution in [0, 0.1) is 0 Å². The van der Waals surface area contributed by atoms with Gasteiger partial charge in [0, 0.05) is 12.0 Å². The van der Waals surface area contributed by atoms with E-state index in [1.165, 1.54) is 25.9 Å². The van der Waals surface area contributed by atoms with Crippen LogP contribution in [0.15, 0.2) is 54.6 Å². The van der Waals surface area contributed by atoms with Crippen LogP contribution in [0.3, 0.4) is 0 Å². The third kappa shape index (κ3) is 7.08. The second-order valence-corrected chi connectivity index (χ2v) is 6.39. The van der Waals surface area contributed by atoms with Crippen molar-refractivity contribution in [3.8, 4) is 5.75 Å². The van der Waals surface area contributed by atoms with E-state index in [-0.39, 0.29) is 29.8 Å². The summed E-state index contributed by atoms with van der Waals surface area (Å²) in [6, 6.07) is 16.9. The van der Waals surface area contributed by atoms with Crippen LogP contribution in [0.5, 0.6) is 5.75 Å². The summed E-state index contributed by atoms with van der Waals surface area (Å²) < 4.78 is 5.95. The van der Waals surface area contributed by atoms with Gasteiger partial charge in [-0.2, -0.15) is 0 Å². The lowest BCUT2D eigenvalue weighted by Crippen LogP contribution is -3.12. The van der Waals surface area contributed by atoms with Crippen molar-refractivity contribution in [1.82, 2.24) is 0 Å². The predicted molar refractivity (Wildman–Crippen MR) is 103 cm³/mol. The van der Waals surface area contributed by atoms with E-state index in [0.29, 0.717) is 23.5 Å². The van der Waals surface area contributed by atoms with Gasteiger partial charge in [-0.25, -0.2) is 0 Å². The zero-order chi connectivity index (χ0) is 17.9. The zero-order valence-corrected chi connectivity index (χ0v) is 18.0. The van der Waals surface area contributed by atoms with Gasteiger partial charge in [0.2, 0.25) is 0 Å². The Morgan fingerprint density at radius 3 is 2.15 bits per heavy atom. The Kier molecular flexibility index (Phi) is 11.2. The first kappa shape index (κ1) is 22.6. The number of carbonyl (C=O) groups is 1. The molecule has 0 radical (unpaired) electrons. The van der Waals surface area contributed by atoms with Gasteiger partial charge in [0.1, 0.15) is 5.75 Å². The van der Waals surface area contributed by atoms with Gasteiger partial charge >= 0.3 is 0 Å². The van der Waals surface area contributed by atoms with Crippen molar-refractivity contribution < 1.29 is 38.4 Å². The molecule has 1 N–H and O–H groups in total. The number of benzene rings is 2. The normalized spacial score (nSPS) is 10.4. The van der Waals surface area contributed by atoms with E-state index in [9.17, 15) is 4.79 Å². The van der Waals surface area contributed by atoms with E-state index in [1.54, 1.807) is 4.90 Å². The standard InChI is InChI=1S/C22H29NO2.HI/c1-3-15-23(16-4-2)17-10-18-25-21-14-9-8-13-20(21)22(24)19-11-6-5-7-12-19;/h5-9,11-14H,3-4,10,15-18H2,1-2H3;1H. The van der Waals surface area contributed by atoms with Crippen LogP contribution in [0.2, 0.25) is 0 Å². The van der Waals surface area contributed by atoms with Crippen LogP contribution >= 0.6 is 0 Å². The Morgan fingerprint density at radius 1 is 0.885 bits per heavy atom. The van der Waals surface area contributed by atoms with E-state index in [1.807, 2.05) is 54.6 Å². The highest BCUT2D eigenvalue weighted by Gasteiger charge is 2.14. The van der Waals surface area contributed by atoms with Crippen molar-refractivity contribution in [2.75, 3.05) is 26.2 Å². The van der Waals surface area contributed by atoms with Crippen molar-refractivity contribution in [1.29, 1.82) is 0 Å². The molecule has 0 spiro atoms. The van der Waals surface area contributed by atoms with Crippen molar-refractivity contribution in [3.63, 3.8) is 0 Å². The second kappa shape index (κ2) is 12.9. The van der Waals surface area contributed by atoms with Gasteiger partial charge in [-0.1, -0.05) is 56.3 Å². The minimum atomic E-state index is 0. The van der Waals surface area contributed by atoms with Crippen molar-refractivity contribution in [3.05, 3.63) is 65.7 Å². The lowest BCUT2D eigenvalue weighted by Gasteiger charge is -2.18. The highest BCUT2D eigenvalue weighted by atomic mass is 127. The van der Waals surface area contributed by atoms with Gasteiger partial charge in [-0.3, -0.25) is 4.79 Å². The van der Waals surface area contributed by atoms with Crippen LogP contribution in [0.4, 0.5) is 0 Å². The van der Waals surface area contributed by atoms with E-state index in [0.717, 1.165) is 13.0 Å². The molecule has 142 valence electrons. The Balaban J connectivity index is 0.00000338. The van der Waals surface area contributed by atoms with Crippen LogP contribution < -0.4 is 33.6 Å². The molecule has 0 aliphatic rings. The SMILES string of the molecule is CCC[NH+](CCC)CCCOc1ccccc1C(=O)c1ccccc1.[I-]. The number of nitrogens with one attached hydrogen (secondary N) is 1. The van der Waals surface area contributed by atoms with Gasteiger partial charge in [0.05, 0.1) is 31.8 Å². The maximum Gasteiger partial charge on any atom is 0.196 e. The van der Waals surface area contributed by atoms with Gasteiger partial charge in [0.15, 0.2) is 5.78 Å².